The summed E-state index contributed by atoms with van der Waals surface area (Å²) in [5.74, 6) is 1.78. The number of tetrazole rings is 1. The molecular formula is C27H30N6O3S. The van der Waals surface area contributed by atoms with Crippen LogP contribution in [0.25, 0.3) is 5.69 Å². The van der Waals surface area contributed by atoms with Crippen molar-refractivity contribution in [1.82, 2.24) is 25.5 Å². The fraction of sp³-hybridized carbons (Fsp3) is 0.259. The monoisotopic (exact) mass is 518 g/mol. The van der Waals surface area contributed by atoms with Crippen LogP contribution in [-0.4, -0.2) is 52.1 Å². The van der Waals surface area contributed by atoms with Gasteiger partial charge in [0, 0.05) is 23.5 Å². The second kappa shape index (κ2) is 13.4. The topological polar surface area (TPSA) is 103 Å². The van der Waals surface area contributed by atoms with Crippen LogP contribution in [0, 0.1) is 6.92 Å². The zero-order chi connectivity index (χ0) is 25.9. The number of carbonyl (C=O) groups is 1. The fourth-order valence-corrected chi connectivity index (χ4v) is 4.41. The van der Waals surface area contributed by atoms with E-state index in [2.05, 4.69) is 26.2 Å². The lowest BCUT2D eigenvalue weighted by atomic mass is 10.2. The van der Waals surface area contributed by atoms with Gasteiger partial charge in [-0.1, -0.05) is 59.8 Å². The summed E-state index contributed by atoms with van der Waals surface area (Å²) in [5, 5.41) is 19.1. The lowest BCUT2D eigenvalue weighted by Crippen LogP contribution is -2.21. The summed E-state index contributed by atoms with van der Waals surface area (Å²) in [4.78, 5) is 12.4. The van der Waals surface area contributed by atoms with Crippen molar-refractivity contribution >= 4 is 23.4 Å². The second-order valence-electron chi connectivity index (χ2n) is 8.24. The van der Waals surface area contributed by atoms with Crippen molar-refractivity contribution in [1.29, 1.82) is 0 Å². The number of nitrogens with one attached hydrogen (secondary N) is 2. The van der Waals surface area contributed by atoms with Crippen molar-refractivity contribution in [3.8, 4) is 17.2 Å². The SMILES string of the molecule is COc1cccc(CNCCCSc2nnnn2-c2ccccc2)c1OCC(=O)Nc1ccc(C)cc1. The highest BCUT2D eigenvalue weighted by Gasteiger charge is 2.13. The van der Waals surface area contributed by atoms with E-state index >= 15 is 0 Å². The number of para-hydroxylation sites is 2. The number of hydrogen-bond acceptors (Lipinski definition) is 8. The van der Waals surface area contributed by atoms with Crippen LogP contribution in [0.15, 0.2) is 78.0 Å². The van der Waals surface area contributed by atoms with Gasteiger partial charge in [0.2, 0.25) is 5.16 Å². The molecule has 0 saturated heterocycles. The highest BCUT2D eigenvalue weighted by atomic mass is 32.2. The van der Waals surface area contributed by atoms with Gasteiger partial charge in [0.1, 0.15) is 0 Å². The van der Waals surface area contributed by atoms with Gasteiger partial charge >= 0.3 is 0 Å². The molecule has 10 heteroatoms. The Balaban J connectivity index is 1.24. The first-order chi connectivity index (χ1) is 18.1. The molecule has 3 aromatic carbocycles. The molecule has 0 spiro atoms. The van der Waals surface area contributed by atoms with Crippen molar-refractivity contribution in [2.45, 2.75) is 25.0 Å². The van der Waals surface area contributed by atoms with Crippen molar-refractivity contribution in [2.24, 2.45) is 0 Å². The largest absolute Gasteiger partial charge is 0.493 e. The molecular weight excluding hydrogens is 488 g/mol. The van der Waals surface area contributed by atoms with Crippen molar-refractivity contribution in [3.05, 3.63) is 83.9 Å². The molecule has 1 heterocycles. The first-order valence-electron chi connectivity index (χ1n) is 12.0. The van der Waals surface area contributed by atoms with Crippen LogP contribution in [0.3, 0.4) is 0 Å². The number of carbonyl (C=O) groups excluding carboxylic acids is 1. The third kappa shape index (κ3) is 7.55. The first kappa shape index (κ1) is 26.2. The van der Waals surface area contributed by atoms with E-state index in [9.17, 15) is 4.79 Å². The number of aromatic nitrogens is 4. The van der Waals surface area contributed by atoms with E-state index in [1.165, 1.54) is 0 Å². The van der Waals surface area contributed by atoms with E-state index < -0.39 is 0 Å². The summed E-state index contributed by atoms with van der Waals surface area (Å²) in [6.45, 7) is 3.26. The van der Waals surface area contributed by atoms with Gasteiger partial charge in [0.05, 0.1) is 12.8 Å². The Morgan fingerprint density at radius 1 is 1.03 bits per heavy atom. The minimum absolute atomic E-state index is 0.117. The molecule has 0 bridgehead atoms. The Bertz CT molecular complexity index is 1280. The number of anilines is 1. The van der Waals surface area contributed by atoms with Gasteiger partial charge in [-0.2, -0.15) is 4.68 Å². The minimum atomic E-state index is -0.233. The zero-order valence-electron chi connectivity index (χ0n) is 20.9. The van der Waals surface area contributed by atoms with Gasteiger partial charge in [-0.25, -0.2) is 0 Å². The van der Waals surface area contributed by atoms with E-state index in [1.807, 2.05) is 79.7 Å². The molecule has 37 heavy (non-hydrogen) atoms. The number of ether oxygens (including phenoxy) is 2. The van der Waals surface area contributed by atoms with E-state index in [4.69, 9.17) is 9.47 Å². The van der Waals surface area contributed by atoms with Crippen LogP contribution in [0.5, 0.6) is 11.5 Å². The summed E-state index contributed by atoms with van der Waals surface area (Å²) >= 11 is 1.61. The van der Waals surface area contributed by atoms with E-state index in [-0.39, 0.29) is 12.5 Å². The number of methoxy groups -OCH3 is 1. The summed E-state index contributed by atoms with van der Waals surface area (Å²) < 4.78 is 13.1. The first-order valence-corrected chi connectivity index (χ1v) is 12.9. The molecule has 0 aliphatic heterocycles. The van der Waals surface area contributed by atoms with Crippen LogP contribution in [-0.2, 0) is 11.3 Å². The molecule has 0 fully saturated rings. The lowest BCUT2D eigenvalue weighted by Gasteiger charge is -2.15. The molecule has 2 N–H and O–H groups in total. The molecule has 0 atom stereocenters. The fourth-order valence-electron chi connectivity index (χ4n) is 3.58. The summed E-state index contributed by atoms with van der Waals surface area (Å²) in [5.41, 5.74) is 3.72. The van der Waals surface area contributed by atoms with Crippen LogP contribution < -0.4 is 20.1 Å². The summed E-state index contributed by atoms with van der Waals surface area (Å²) in [6, 6.07) is 23.2. The smallest absolute Gasteiger partial charge is 0.262 e. The molecule has 9 nitrogen and oxygen atoms in total. The molecule has 0 radical (unpaired) electrons. The molecule has 0 saturated carbocycles. The predicted molar refractivity (Wildman–Crippen MR) is 144 cm³/mol. The molecule has 4 aromatic rings. The lowest BCUT2D eigenvalue weighted by molar-refractivity contribution is -0.118. The zero-order valence-corrected chi connectivity index (χ0v) is 21.7. The van der Waals surface area contributed by atoms with Gasteiger partial charge in [-0.15, -0.1) is 5.10 Å². The van der Waals surface area contributed by atoms with Crippen LogP contribution >= 0.6 is 11.8 Å². The predicted octanol–water partition coefficient (Wildman–Crippen LogP) is 4.27. The number of amides is 1. The molecule has 0 aliphatic rings. The van der Waals surface area contributed by atoms with Crippen LogP contribution in [0.2, 0.25) is 0 Å². The highest BCUT2D eigenvalue weighted by Crippen LogP contribution is 2.31. The number of benzene rings is 3. The van der Waals surface area contributed by atoms with E-state index in [1.54, 1.807) is 23.6 Å². The van der Waals surface area contributed by atoms with Gasteiger partial charge in [0.15, 0.2) is 18.1 Å². The van der Waals surface area contributed by atoms with E-state index in [0.717, 1.165) is 46.4 Å². The number of aryl methyl sites for hydroxylation is 1. The Morgan fingerprint density at radius 2 is 1.84 bits per heavy atom. The average Bonchev–Trinajstić information content (AvgIpc) is 3.40. The van der Waals surface area contributed by atoms with Gasteiger partial charge in [-0.3, -0.25) is 4.79 Å². The summed E-state index contributed by atoms with van der Waals surface area (Å²) in [6.07, 6.45) is 0.922. The highest BCUT2D eigenvalue weighted by molar-refractivity contribution is 7.99. The van der Waals surface area contributed by atoms with Crippen LogP contribution in [0.1, 0.15) is 17.5 Å². The Kier molecular flexibility index (Phi) is 9.50. The maximum absolute atomic E-state index is 12.4. The third-order valence-electron chi connectivity index (χ3n) is 5.45. The molecule has 4 rings (SSSR count). The van der Waals surface area contributed by atoms with E-state index in [0.29, 0.717) is 18.0 Å². The molecule has 0 aliphatic carbocycles. The molecule has 1 aromatic heterocycles. The third-order valence-corrected chi connectivity index (χ3v) is 6.46. The Hall–Kier alpha value is -3.89. The quantitative estimate of drug-likeness (QED) is 0.200. The minimum Gasteiger partial charge on any atom is -0.493 e. The maximum atomic E-state index is 12.4. The molecule has 0 unspecified atom stereocenters. The van der Waals surface area contributed by atoms with Crippen molar-refractivity contribution in [2.75, 3.05) is 31.3 Å². The van der Waals surface area contributed by atoms with Gasteiger partial charge in [-0.05, 0) is 60.6 Å². The number of hydrogen-bond donors (Lipinski definition) is 2. The Morgan fingerprint density at radius 3 is 2.62 bits per heavy atom. The van der Waals surface area contributed by atoms with Gasteiger partial charge < -0.3 is 20.1 Å². The van der Waals surface area contributed by atoms with Crippen molar-refractivity contribution in [3.63, 3.8) is 0 Å². The Labute approximate surface area is 220 Å². The number of rotatable bonds is 13. The standard InChI is InChI=1S/C27H30N6O3S/c1-20-12-14-22(15-13-20)29-25(34)19-36-26-21(8-6-11-24(26)35-2)18-28-16-7-17-37-27-30-31-32-33(27)23-9-4-3-5-10-23/h3-6,8-15,28H,7,16-19H2,1-2H3,(H,29,34). The average molecular weight is 519 g/mol. The van der Waals surface area contributed by atoms with Gasteiger partial charge in [0.25, 0.3) is 5.91 Å². The number of nitrogens with zero attached hydrogens (tertiary/aromatic N) is 4. The molecule has 1 amide bonds. The van der Waals surface area contributed by atoms with Crippen molar-refractivity contribution < 1.29 is 14.3 Å². The number of thioether (sulfide) groups is 1. The van der Waals surface area contributed by atoms with Crippen LogP contribution in [0.4, 0.5) is 5.69 Å². The maximum Gasteiger partial charge on any atom is 0.262 e. The normalized spacial score (nSPS) is 10.8. The summed E-state index contributed by atoms with van der Waals surface area (Å²) in [7, 11) is 1.59. The molecule has 192 valence electrons. The second-order valence-corrected chi connectivity index (χ2v) is 9.30.